The van der Waals surface area contributed by atoms with Gasteiger partial charge in [-0.05, 0) is 71.1 Å². The molecule has 8 nitrogen and oxygen atoms in total. The molecule has 2 bridgehead atoms. The van der Waals surface area contributed by atoms with Crippen molar-refractivity contribution in [2.24, 2.45) is 0 Å². The minimum Gasteiger partial charge on any atom is -0.508 e. The average Bonchev–Trinajstić information content (AvgIpc) is 2.94. The third kappa shape index (κ3) is 2.20. The Morgan fingerprint density at radius 2 is 1.74 bits per heavy atom. The maximum absolute atomic E-state index is 14.1. The van der Waals surface area contributed by atoms with E-state index in [9.17, 15) is 29.7 Å². The van der Waals surface area contributed by atoms with Gasteiger partial charge in [0.1, 0.15) is 35.5 Å². The number of aryl methyl sites for hydroxylation is 2. The largest absolute Gasteiger partial charge is 0.508 e. The number of cyclic esters (lactones) is 1. The van der Waals surface area contributed by atoms with Crippen molar-refractivity contribution in [3.8, 4) is 17.2 Å². The highest BCUT2D eigenvalue weighted by atomic mass is 16.6. The average molecular weight is 460 g/mol. The van der Waals surface area contributed by atoms with Crippen LogP contribution >= 0.6 is 0 Å². The van der Waals surface area contributed by atoms with Crippen LogP contribution in [0.1, 0.15) is 61.4 Å². The van der Waals surface area contributed by atoms with Crippen molar-refractivity contribution in [3.05, 3.63) is 63.2 Å². The number of aromatic hydroxyl groups is 3. The summed E-state index contributed by atoms with van der Waals surface area (Å²) in [6.07, 6.45) is -1.10. The minimum absolute atomic E-state index is 0.00396. The van der Waals surface area contributed by atoms with Crippen LogP contribution in [0.5, 0.6) is 17.2 Å². The van der Waals surface area contributed by atoms with E-state index in [2.05, 4.69) is 0 Å². The number of carbonyl (C=O) groups is 3. The second-order valence-corrected chi connectivity index (χ2v) is 9.30. The van der Waals surface area contributed by atoms with Crippen LogP contribution in [0, 0.1) is 13.8 Å². The Hall–Kier alpha value is -4.07. The molecule has 172 valence electrons. The van der Waals surface area contributed by atoms with Crippen LogP contribution in [-0.4, -0.2) is 45.8 Å². The van der Waals surface area contributed by atoms with Crippen LogP contribution in [-0.2, 0) is 19.7 Å². The van der Waals surface area contributed by atoms with Gasteiger partial charge in [-0.1, -0.05) is 0 Å². The number of ether oxygens (including phenoxy) is 2. The number of esters is 2. The number of hydrogen-bond donors (Lipinski definition) is 3. The van der Waals surface area contributed by atoms with E-state index in [1.807, 2.05) is 0 Å². The first-order chi connectivity index (χ1) is 16.1. The Morgan fingerprint density at radius 3 is 2.44 bits per heavy atom. The van der Waals surface area contributed by atoms with E-state index in [0.717, 1.165) is 0 Å². The van der Waals surface area contributed by atoms with Crippen molar-refractivity contribution < 1.29 is 39.2 Å². The summed E-state index contributed by atoms with van der Waals surface area (Å²) < 4.78 is 11.3. The molecule has 6 rings (SSSR count). The molecule has 3 atom stereocenters. The van der Waals surface area contributed by atoms with Gasteiger partial charge in [-0.2, -0.15) is 0 Å². The zero-order valence-electron chi connectivity index (χ0n) is 18.6. The Bertz CT molecular complexity index is 1520. The van der Waals surface area contributed by atoms with Crippen LogP contribution < -0.4 is 0 Å². The summed E-state index contributed by atoms with van der Waals surface area (Å²) in [6.45, 7) is 4.39. The maximum Gasteiger partial charge on any atom is 0.342 e. The third-order valence-electron chi connectivity index (χ3n) is 7.39. The summed E-state index contributed by atoms with van der Waals surface area (Å²) >= 11 is 0. The topological polar surface area (TPSA) is 130 Å². The lowest BCUT2D eigenvalue weighted by Gasteiger charge is -2.44. The van der Waals surface area contributed by atoms with Crippen molar-refractivity contribution >= 4 is 28.5 Å². The molecule has 3 aliphatic rings. The van der Waals surface area contributed by atoms with Crippen LogP contribution in [0.3, 0.4) is 0 Å². The number of Topliss-reactive ketones (excluding diaryl/α,β-unsaturated/α-hetero) is 1. The van der Waals surface area contributed by atoms with Crippen LogP contribution in [0.25, 0.3) is 10.8 Å². The van der Waals surface area contributed by atoms with Crippen molar-refractivity contribution in [2.75, 3.05) is 6.61 Å². The van der Waals surface area contributed by atoms with Gasteiger partial charge in [0.15, 0.2) is 5.78 Å². The summed E-state index contributed by atoms with van der Waals surface area (Å²) in [5, 5.41) is 33.3. The number of carbonyl (C=O) groups excluding carboxylic acids is 3. The van der Waals surface area contributed by atoms with E-state index < -0.39 is 29.4 Å². The normalized spacial score (nSPS) is 24.0. The quantitative estimate of drug-likeness (QED) is 0.472. The number of hydrogen-bond acceptors (Lipinski definition) is 8. The molecule has 1 heterocycles. The van der Waals surface area contributed by atoms with E-state index in [4.69, 9.17) is 9.47 Å². The molecular formula is C26H20O8. The van der Waals surface area contributed by atoms with E-state index in [-0.39, 0.29) is 46.3 Å². The van der Waals surface area contributed by atoms with Gasteiger partial charge >= 0.3 is 11.9 Å². The fourth-order valence-corrected chi connectivity index (χ4v) is 6.40. The molecule has 0 amide bonds. The zero-order valence-corrected chi connectivity index (χ0v) is 18.6. The molecule has 0 aromatic heterocycles. The monoisotopic (exact) mass is 460 g/mol. The van der Waals surface area contributed by atoms with Gasteiger partial charge in [0.2, 0.25) is 0 Å². The highest BCUT2D eigenvalue weighted by molar-refractivity contribution is 6.14. The van der Waals surface area contributed by atoms with Gasteiger partial charge < -0.3 is 24.8 Å². The lowest BCUT2D eigenvalue weighted by atomic mass is 9.63. The molecule has 0 fully saturated rings. The first kappa shape index (κ1) is 20.5. The Morgan fingerprint density at radius 1 is 1.00 bits per heavy atom. The van der Waals surface area contributed by atoms with Gasteiger partial charge in [-0.3, -0.25) is 9.59 Å². The number of ketones is 1. The lowest BCUT2D eigenvalue weighted by Crippen LogP contribution is -2.54. The number of phenols is 3. The highest BCUT2D eigenvalue weighted by Gasteiger charge is 2.67. The molecule has 0 saturated carbocycles. The number of fused-ring (bicyclic) bond motifs is 5. The molecule has 2 aliphatic carbocycles. The zero-order chi connectivity index (χ0) is 24.3. The van der Waals surface area contributed by atoms with Crippen LogP contribution in [0.4, 0.5) is 0 Å². The van der Waals surface area contributed by atoms with E-state index >= 15 is 0 Å². The molecular weight excluding hydrogens is 440 g/mol. The van der Waals surface area contributed by atoms with Crippen LogP contribution in [0.2, 0.25) is 0 Å². The van der Waals surface area contributed by atoms with E-state index in [1.54, 1.807) is 19.9 Å². The molecule has 1 aliphatic heterocycles. The minimum atomic E-state index is -1.38. The second kappa shape index (κ2) is 6.28. The first-order valence-corrected chi connectivity index (χ1v) is 10.8. The van der Waals surface area contributed by atoms with E-state index in [0.29, 0.717) is 33.0 Å². The maximum atomic E-state index is 14.1. The van der Waals surface area contributed by atoms with Crippen molar-refractivity contribution in [3.63, 3.8) is 0 Å². The molecule has 0 saturated heterocycles. The number of benzene rings is 3. The van der Waals surface area contributed by atoms with Crippen molar-refractivity contribution in [1.29, 1.82) is 0 Å². The fraction of sp³-hybridized carbons (Fsp3) is 0.269. The molecule has 8 heteroatoms. The summed E-state index contributed by atoms with van der Waals surface area (Å²) in [5.74, 6) is -3.29. The molecule has 3 unspecified atom stereocenters. The Kier molecular flexibility index (Phi) is 3.79. The van der Waals surface area contributed by atoms with Crippen LogP contribution in [0.15, 0.2) is 24.3 Å². The predicted octanol–water partition coefficient (Wildman–Crippen LogP) is 3.26. The summed E-state index contributed by atoms with van der Waals surface area (Å²) in [4.78, 5) is 39.1. The SMILES string of the molecule is CC(=O)OC1C2C(=O)c3c(C)cc(O)c4c3C1(COC4=O)c1c(O)cc3cc(O)cc(C)c3c12. The molecule has 34 heavy (non-hydrogen) atoms. The molecule has 3 aromatic carbocycles. The molecule has 3 N–H and O–H groups in total. The first-order valence-electron chi connectivity index (χ1n) is 10.8. The third-order valence-corrected chi connectivity index (χ3v) is 7.39. The molecule has 0 radical (unpaired) electrons. The highest BCUT2D eigenvalue weighted by Crippen LogP contribution is 2.64. The van der Waals surface area contributed by atoms with Crippen molar-refractivity contribution in [1.82, 2.24) is 0 Å². The van der Waals surface area contributed by atoms with Gasteiger partial charge in [0.25, 0.3) is 0 Å². The standard InChI is InChI=1S/C26H20O8/c1-9-4-13(28)6-12-7-15(30)21-19(16(9)12)20-23(31)17-10(2)5-14(29)18-22(17)26(21,8-33-25(18)32)24(20)34-11(3)27/h4-7,20,24,28-30H,8H2,1-3H3. The predicted molar refractivity (Wildman–Crippen MR) is 119 cm³/mol. The second-order valence-electron chi connectivity index (χ2n) is 9.30. The summed E-state index contributed by atoms with van der Waals surface area (Å²) in [7, 11) is 0. The van der Waals surface area contributed by atoms with Gasteiger partial charge in [0, 0.05) is 18.1 Å². The molecule has 1 spiro atoms. The number of rotatable bonds is 1. The lowest BCUT2D eigenvalue weighted by molar-refractivity contribution is -0.150. The molecule has 3 aromatic rings. The van der Waals surface area contributed by atoms with Crippen molar-refractivity contribution in [2.45, 2.75) is 38.2 Å². The smallest absolute Gasteiger partial charge is 0.342 e. The summed E-state index contributed by atoms with van der Waals surface area (Å²) in [6, 6.07) is 5.88. The van der Waals surface area contributed by atoms with Gasteiger partial charge in [-0.15, -0.1) is 0 Å². The Balaban J connectivity index is 1.86. The number of phenolic OH excluding ortho intramolecular Hbond substituents is 3. The van der Waals surface area contributed by atoms with Gasteiger partial charge in [0.05, 0.1) is 11.3 Å². The summed E-state index contributed by atoms with van der Waals surface area (Å²) in [5.41, 5.74) is 0.879. The fourth-order valence-electron chi connectivity index (χ4n) is 6.40. The van der Waals surface area contributed by atoms with E-state index in [1.165, 1.54) is 25.1 Å². The van der Waals surface area contributed by atoms with Gasteiger partial charge in [-0.25, -0.2) is 4.79 Å². The Labute approximate surface area is 193 Å².